The van der Waals surface area contributed by atoms with Gasteiger partial charge in [0.1, 0.15) is 84.3 Å². The number of aliphatic hydroxyl groups is 4. The molecule has 114 heavy (non-hydrogen) atoms. The number of carbonyl (C=O) groups is 18. The number of amides is 16. The number of primary amides is 1. The molecule has 3 fully saturated rings. The number of aliphatic imine (C=N–C) groups is 1. The highest BCUT2D eigenvalue weighted by atomic mass is 32.2. The summed E-state index contributed by atoms with van der Waals surface area (Å²) >= 11 is 1.20. The Balaban J connectivity index is 1.47. The molecule has 3 heterocycles. The maximum absolute atomic E-state index is 14.8. The number of hydrogen-bond donors (Lipinski definition) is 23. The minimum absolute atomic E-state index is 0.0145. The Labute approximate surface area is 658 Å². The second-order valence-corrected chi connectivity index (χ2v) is 28.4. The van der Waals surface area contributed by atoms with Gasteiger partial charge in [0, 0.05) is 39.0 Å². The second-order valence-electron chi connectivity index (χ2n) is 27.5. The number of carboxylic acids is 2. The number of likely N-dealkylation sites (tertiary alicyclic amines) is 3. The zero-order valence-corrected chi connectivity index (χ0v) is 64.1. The lowest BCUT2D eigenvalue weighted by Gasteiger charge is -2.33. The lowest BCUT2D eigenvalue weighted by Crippen LogP contribution is -2.61. The zero-order valence-electron chi connectivity index (χ0n) is 63.3. The fourth-order valence-electron chi connectivity index (χ4n) is 12.3. The fourth-order valence-corrected chi connectivity index (χ4v) is 12.8. The number of thioether (sulfide) groups is 1. The van der Waals surface area contributed by atoms with Crippen LogP contribution in [0.25, 0.3) is 0 Å². The number of nitrogens with one attached hydrogen (secondary N) is 12. The number of carbonyl (C=O) groups excluding carboxylic acids is 16. The van der Waals surface area contributed by atoms with Gasteiger partial charge in [0.2, 0.25) is 94.5 Å². The van der Waals surface area contributed by atoms with Crippen molar-refractivity contribution in [3.05, 3.63) is 29.8 Å². The molecule has 45 nitrogen and oxygen atoms in total. The van der Waals surface area contributed by atoms with Gasteiger partial charge < -0.3 is 137 Å². The molecule has 16 amide bonds. The highest BCUT2D eigenvalue weighted by molar-refractivity contribution is 7.98. The molecular weight excluding hydrogens is 1530 g/mol. The van der Waals surface area contributed by atoms with Gasteiger partial charge in [-0.3, -0.25) is 86.5 Å². The van der Waals surface area contributed by atoms with Gasteiger partial charge in [-0.05, 0) is 106 Å². The number of aliphatic hydroxyl groups excluding tert-OH is 4. The minimum atomic E-state index is -1.92. The lowest BCUT2D eigenvalue weighted by atomic mass is 10.0. The highest BCUT2D eigenvalue weighted by Crippen LogP contribution is 2.27. The molecule has 1 aromatic rings. The molecule has 3 saturated heterocycles. The van der Waals surface area contributed by atoms with Gasteiger partial charge in [0.05, 0.1) is 52.5 Å². The van der Waals surface area contributed by atoms with Crippen LogP contribution in [0.15, 0.2) is 29.3 Å². The van der Waals surface area contributed by atoms with E-state index in [1.54, 1.807) is 20.1 Å². The van der Waals surface area contributed by atoms with Crippen LogP contribution in [0.4, 0.5) is 0 Å². The van der Waals surface area contributed by atoms with Crippen LogP contribution < -0.4 is 86.7 Å². The van der Waals surface area contributed by atoms with Crippen molar-refractivity contribution in [3.8, 4) is 5.75 Å². The van der Waals surface area contributed by atoms with Gasteiger partial charge in [0.25, 0.3) is 0 Å². The van der Waals surface area contributed by atoms with E-state index < -0.39 is 250 Å². The zero-order chi connectivity index (χ0) is 85.1. The molecule has 3 aliphatic rings. The number of phenolic OH excluding ortho intramolecular Hbond substituents is 1. The van der Waals surface area contributed by atoms with Crippen molar-refractivity contribution in [2.75, 3.05) is 84.2 Å². The van der Waals surface area contributed by atoms with E-state index >= 15 is 0 Å². The molecule has 1 aromatic carbocycles. The molecule has 0 unspecified atom stereocenters. The smallest absolute Gasteiger partial charge is 0.328 e. The molecule has 0 radical (unpaired) electrons. The van der Waals surface area contributed by atoms with Gasteiger partial charge in [-0.1, -0.05) is 26.0 Å². The lowest BCUT2D eigenvalue weighted by molar-refractivity contribution is -0.149. The van der Waals surface area contributed by atoms with E-state index in [9.17, 15) is 112 Å². The third-order valence-electron chi connectivity index (χ3n) is 18.3. The highest BCUT2D eigenvalue weighted by Gasteiger charge is 2.46. The summed E-state index contributed by atoms with van der Waals surface area (Å²) in [7, 11) is 0. The topological polar surface area (TPSA) is 719 Å². The van der Waals surface area contributed by atoms with Crippen molar-refractivity contribution in [1.29, 1.82) is 0 Å². The maximum atomic E-state index is 14.8. The Morgan fingerprint density at radius 3 is 1.46 bits per heavy atom. The first-order valence-electron chi connectivity index (χ1n) is 36.7. The number of guanidine groups is 1. The van der Waals surface area contributed by atoms with Crippen molar-refractivity contribution in [1.82, 2.24) is 78.5 Å². The molecule has 0 bridgehead atoms. The Hall–Kier alpha value is -11.1. The van der Waals surface area contributed by atoms with Gasteiger partial charge in [0.15, 0.2) is 5.96 Å². The molecule has 0 aliphatic carbocycles. The summed E-state index contributed by atoms with van der Waals surface area (Å²) in [6, 6.07) is -14.8. The van der Waals surface area contributed by atoms with E-state index in [0.717, 1.165) is 4.90 Å². The van der Waals surface area contributed by atoms with Crippen LogP contribution in [0, 0.1) is 5.92 Å². The van der Waals surface area contributed by atoms with Crippen LogP contribution >= 0.6 is 11.8 Å². The number of aliphatic carboxylic acids is 2. The van der Waals surface area contributed by atoms with Gasteiger partial charge in [-0.25, -0.2) is 4.79 Å². The third kappa shape index (κ3) is 31.1. The van der Waals surface area contributed by atoms with Crippen molar-refractivity contribution >= 4 is 124 Å². The predicted molar refractivity (Wildman–Crippen MR) is 399 cm³/mol. The van der Waals surface area contributed by atoms with Gasteiger partial charge in [-0.15, -0.1) is 0 Å². The average molecular weight is 1640 g/mol. The van der Waals surface area contributed by atoms with Crippen LogP contribution in [-0.4, -0.2) is 326 Å². The largest absolute Gasteiger partial charge is 0.508 e. The summed E-state index contributed by atoms with van der Waals surface area (Å²) in [4.78, 5) is 249. The van der Waals surface area contributed by atoms with Crippen LogP contribution in [0.3, 0.4) is 0 Å². The maximum Gasteiger partial charge on any atom is 0.328 e. The quantitative estimate of drug-likeness (QED) is 0.0164. The normalized spacial score (nSPS) is 17.7. The molecule has 27 N–H and O–H groups in total. The number of phenols is 1. The van der Waals surface area contributed by atoms with E-state index in [2.05, 4.69) is 63.5 Å². The number of hydrogen-bond acceptors (Lipinski definition) is 26. The predicted octanol–water partition coefficient (Wildman–Crippen LogP) is -11.4. The summed E-state index contributed by atoms with van der Waals surface area (Å²) in [5.74, 6) is -19.2. The Bertz CT molecular complexity index is 3610. The first-order valence-corrected chi connectivity index (χ1v) is 38.1. The molecule has 0 saturated carbocycles. The number of nitrogens with two attached hydrogens (primary N) is 4. The van der Waals surface area contributed by atoms with Crippen molar-refractivity contribution < 1.29 is 122 Å². The number of benzene rings is 1. The van der Waals surface area contributed by atoms with Gasteiger partial charge in [-0.2, -0.15) is 11.8 Å². The van der Waals surface area contributed by atoms with Crippen molar-refractivity contribution in [3.63, 3.8) is 0 Å². The van der Waals surface area contributed by atoms with E-state index in [0.29, 0.717) is 12.0 Å². The number of aromatic hydroxyl groups is 1. The second kappa shape index (κ2) is 48.1. The van der Waals surface area contributed by atoms with Crippen LogP contribution in [-0.2, 0) is 92.7 Å². The fraction of sp³-hybridized carbons (Fsp3) is 0.632. The molecule has 13 atom stereocenters. The number of carboxylic acid groups (broad SMARTS) is 2. The van der Waals surface area contributed by atoms with E-state index in [4.69, 9.17) is 33.1 Å². The van der Waals surface area contributed by atoms with Gasteiger partial charge >= 0.3 is 11.9 Å². The Morgan fingerprint density at radius 1 is 0.500 bits per heavy atom. The summed E-state index contributed by atoms with van der Waals surface area (Å²) < 4.78 is 0. The Kier molecular flexibility index (Phi) is 40.2. The minimum Gasteiger partial charge on any atom is -0.508 e. The molecule has 3 aliphatic heterocycles. The molecular formula is C68H106N20O25S. The third-order valence-corrected chi connectivity index (χ3v) is 18.9. The number of rotatable bonds is 48. The average Bonchev–Trinajstić information content (AvgIpc) is 1.63. The molecule has 0 spiro atoms. The van der Waals surface area contributed by atoms with E-state index in [1.165, 1.54) is 45.8 Å². The van der Waals surface area contributed by atoms with Crippen LogP contribution in [0.2, 0.25) is 0 Å². The first kappa shape index (κ1) is 95.3. The summed E-state index contributed by atoms with van der Waals surface area (Å²) in [5.41, 5.74) is 22.5. The van der Waals surface area contributed by atoms with E-state index in [1.807, 2.05) is 5.32 Å². The molecule has 634 valence electrons. The Morgan fingerprint density at radius 2 is 0.947 bits per heavy atom. The standard InChI is InChI=1S/C68H106N20O25S/c1-34(2)24-42(64(109)86-20-5-9-47(86)62(107)76-28-52(96)74-27-51(95)75-29-53(97)77-46(33-92)67(112)113)82-61(106)45(32-91)84-56(101)38(8-4-19-73-68(71)72)80-63(108)48-10-6-21-87(48)66(111)49-11-7-22-88(49)65(110)43(26-54(98)99)83-58(103)40(18-23-114-3)79-57(102)39(16-17-50(70)94)78-60(105)44(31-90)85-59(104)41(81-55(100)37(69)30-89)25-35-12-14-36(93)15-13-35/h12-15,34,37-49,89-93H,4-11,16-33,69H2,1-3H3,(H2,70,94)(H,74,96)(H,75,95)(H,76,107)(H,77,97)(H,78,105)(H,79,102)(H,80,108)(H,81,100)(H,82,106)(H,83,103)(H,84,101)(H,85,104)(H,98,99)(H,112,113)(H4,71,72,73)/t37-,38-,39-,40-,41-,42-,43-,44-,45-,46-,47-,48-,49-/m0/s1. The SMILES string of the molecule is CSCC[C@H](NC(=O)[C@H](CCC(N)=O)NC(=O)[C@H](CO)NC(=O)[C@H](Cc1ccc(O)cc1)NC(=O)[C@@H](N)CO)C(=O)N[C@@H](CC(=O)O)C(=O)N1CCC[C@H]1C(=O)N1CCC[C@H]1C(=O)N[C@@H](CCCN=C(N)N)C(=O)N[C@@H](CO)C(=O)N[C@@H](CC(C)C)C(=O)N1CCC[C@H]1C(=O)NCC(=O)NCC(=O)NCC(=O)N[C@@H](CO)C(=O)O. The molecule has 4 rings (SSSR count). The monoisotopic (exact) mass is 1630 g/mol. The van der Waals surface area contributed by atoms with E-state index in [-0.39, 0.29) is 114 Å². The summed E-state index contributed by atoms with van der Waals surface area (Å²) in [6.45, 7) is -2.76. The molecule has 0 aromatic heterocycles. The summed E-state index contributed by atoms with van der Waals surface area (Å²) in [5, 5.41) is 96.4. The first-order chi connectivity index (χ1) is 54.0. The van der Waals surface area contributed by atoms with Crippen molar-refractivity contribution in [2.24, 2.45) is 33.8 Å². The van der Waals surface area contributed by atoms with Crippen LogP contribution in [0.1, 0.15) is 103 Å². The summed E-state index contributed by atoms with van der Waals surface area (Å²) in [6.07, 6.45) is -0.379. The number of nitrogens with zero attached hydrogens (tertiary/aromatic N) is 4. The van der Waals surface area contributed by atoms with Crippen LogP contribution in [0.5, 0.6) is 5.75 Å². The molecule has 46 heteroatoms. The van der Waals surface area contributed by atoms with Crippen molar-refractivity contribution in [2.45, 2.75) is 182 Å².